The number of hydrogen-bond acceptors (Lipinski definition) is 4. The van der Waals surface area contributed by atoms with Crippen LogP contribution in [0.25, 0.3) is 5.69 Å². The monoisotopic (exact) mass is 324 g/mol. The highest BCUT2D eigenvalue weighted by atomic mass is 32.1. The Morgan fingerprint density at radius 3 is 2.55 bits per heavy atom. The Kier molecular flexibility index (Phi) is 3.84. The maximum Gasteiger partial charge on any atom is 0.433 e. The quantitative estimate of drug-likeness (QED) is 0.790. The van der Waals surface area contributed by atoms with Gasteiger partial charge in [-0.25, -0.2) is 9.67 Å². The Bertz CT molecular complexity index is 732. The molecule has 0 unspecified atom stereocenters. The molecule has 0 atom stereocenters. The molecule has 114 valence electrons. The maximum absolute atomic E-state index is 12.8. The lowest BCUT2D eigenvalue weighted by Crippen LogP contribution is -2.13. The average Bonchev–Trinajstić information content (AvgIpc) is 3.16. The Balaban J connectivity index is 1.76. The molecule has 0 aliphatic carbocycles. The summed E-state index contributed by atoms with van der Waals surface area (Å²) in [5, 5.41) is 8.82. The van der Waals surface area contributed by atoms with E-state index in [1.807, 2.05) is 5.38 Å². The zero-order chi connectivity index (χ0) is 15.6. The van der Waals surface area contributed by atoms with Gasteiger partial charge in [0.15, 0.2) is 0 Å². The third kappa shape index (κ3) is 3.11. The van der Waals surface area contributed by atoms with Crippen LogP contribution in [-0.4, -0.2) is 14.8 Å². The predicted molar refractivity (Wildman–Crippen MR) is 78.0 cm³/mol. The second kappa shape index (κ2) is 5.80. The van der Waals surface area contributed by atoms with E-state index >= 15 is 0 Å². The van der Waals surface area contributed by atoms with Crippen LogP contribution in [0.5, 0.6) is 0 Å². The van der Waals surface area contributed by atoms with Crippen LogP contribution in [0.2, 0.25) is 0 Å². The second-order valence-electron chi connectivity index (χ2n) is 4.51. The molecule has 22 heavy (non-hydrogen) atoms. The molecule has 0 radical (unpaired) electrons. The molecule has 0 bridgehead atoms. The molecule has 1 aromatic carbocycles. The van der Waals surface area contributed by atoms with E-state index in [2.05, 4.69) is 15.4 Å². The van der Waals surface area contributed by atoms with Crippen molar-refractivity contribution in [2.45, 2.75) is 12.7 Å². The third-order valence-electron chi connectivity index (χ3n) is 3.00. The van der Waals surface area contributed by atoms with Crippen molar-refractivity contribution in [3.8, 4) is 5.69 Å². The molecule has 3 rings (SSSR count). The normalized spacial score (nSPS) is 11.6. The molecule has 2 aromatic heterocycles. The summed E-state index contributed by atoms with van der Waals surface area (Å²) >= 11 is 1.51. The molecule has 0 amide bonds. The predicted octanol–water partition coefficient (Wildman–Crippen LogP) is 3.96. The fourth-order valence-corrected chi connectivity index (χ4v) is 2.52. The zero-order valence-electron chi connectivity index (χ0n) is 11.2. The summed E-state index contributed by atoms with van der Waals surface area (Å²) < 4.78 is 39.4. The number of anilines is 1. The van der Waals surface area contributed by atoms with Crippen LogP contribution in [0.4, 0.5) is 18.9 Å². The van der Waals surface area contributed by atoms with Gasteiger partial charge < -0.3 is 5.32 Å². The Labute approximate surface area is 128 Å². The topological polar surface area (TPSA) is 42.7 Å². The highest BCUT2D eigenvalue weighted by Crippen LogP contribution is 2.30. The zero-order valence-corrected chi connectivity index (χ0v) is 12.0. The van der Waals surface area contributed by atoms with Crippen molar-refractivity contribution in [1.82, 2.24) is 14.8 Å². The summed E-state index contributed by atoms with van der Waals surface area (Å²) in [5.41, 5.74) is 3.03. The molecule has 0 saturated carbocycles. The van der Waals surface area contributed by atoms with E-state index in [4.69, 9.17) is 0 Å². The standard InChI is InChI=1S/C14H11F3N4S/c15-14(16,17)13-5-6-20-21(13)12-3-1-10(2-4-12)18-7-11-8-22-9-19-11/h1-6,8-9,18H,7H2. The van der Waals surface area contributed by atoms with Crippen LogP contribution < -0.4 is 5.32 Å². The largest absolute Gasteiger partial charge is 0.433 e. The number of thiazole rings is 1. The van der Waals surface area contributed by atoms with Gasteiger partial charge in [0.05, 0.1) is 29.6 Å². The van der Waals surface area contributed by atoms with Gasteiger partial charge in [-0.1, -0.05) is 0 Å². The van der Waals surface area contributed by atoms with Gasteiger partial charge in [0.2, 0.25) is 0 Å². The van der Waals surface area contributed by atoms with E-state index in [0.717, 1.165) is 28.3 Å². The molecule has 1 N–H and O–H groups in total. The summed E-state index contributed by atoms with van der Waals surface area (Å²) in [6, 6.07) is 7.55. The van der Waals surface area contributed by atoms with Crippen molar-refractivity contribution in [2.24, 2.45) is 0 Å². The summed E-state index contributed by atoms with van der Waals surface area (Å²) in [5.74, 6) is 0. The number of rotatable bonds is 4. The smallest absolute Gasteiger partial charge is 0.379 e. The molecule has 0 aliphatic heterocycles. The van der Waals surface area contributed by atoms with Crippen LogP contribution in [0.15, 0.2) is 47.4 Å². The number of aromatic nitrogens is 3. The molecule has 3 aromatic rings. The van der Waals surface area contributed by atoms with E-state index in [0.29, 0.717) is 12.2 Å². The van der Waals surface area contributed by atoms with Gasteiger partial charge >= 0.3 is 6.18 Å². The van der Waals surface area contributed by atoms with Crippen molar-refractivity contribution in [2.75, 3.05) is 5.32 Å². The van der Waals surface area contributed by atoms with Crippen LogP contribution in [-0.2, 0) is 12.7 Å². The molecular weight excluding hydrogens is 313 g/mol. The van der Waals surface area contributed by atoms with E-state index in [9.17, 15) is 13.2 Å². The van der Waals surface area contributed by atoms with Crippen molar-refractivity contribution >= 4 is 17.0 Å². The first-order valence-electron chi connectivity index (χ1n) is 6.36. The number of hydrogen-bond donors (Lipinski definition) is 1. The lowest BCUT2D eigenvalue weighted by molar-refractivity contribution is -0.142. The molecule has 0 spiro atoms. The average molecular weight is 324 g/mol. The van der Waals surface area contributed by atoms with Crippen LogP contribution in [0.3, 0.4) is 0 Å². The lowest BCUT2D eigenvalue weighted by Gasteiger charge is -2.11. The highest BCUT2D eigenvalue weighted by Gasteiger charge is 2.35. The number of benzene rings is 1. The summed E-state index contributed by atoms with van der Waals surface area (Å²) in [6.45, 7) is 0.568. The molecule has 0 saturated heterocycles. The van der Waals surface area contributed by atoms with Crippen molar-refractivity contribution < 1.29 is 13.2 Å². The molecule has 0 fully saturated rings. The summed E-state index contributed by atoms with van der Waals surface area (Å²) in [7, 11) is 0. The van der Waals surface area contributed by atoms with Crippen LogP contribution >= 0.6 is 11.3 Å². The first-order valence-corrected chi connectivity index (χ1v) is 7.31. The molecule has 8 heteroatoms. The van der Waals surface area contributed by atoms with Gasteiger partial charge in [-0.05, 0) is 30.3 Å². The molecule has 4 nitrogen and oxygen atoms in total. The van der Waals surface area contributed by atoms with Crippen molar-refractivity contribution in [3.05, 3.63) is 58.8 Å². The minimum atomic E-state index is -4.43. The molecular formula is C14H11F3N4S. The Morgan fingerprint density at radius 2 is 1.91 bits per heavy atom. The lowest BCUT2D eigenvalue weighted by atomic mass is 10.2. The summed E-state index contributed by atoms with van der Waals surface area (Å²) in [4.78, 5) is 4.15. The van der Waals surface area contributed by atoms with Gasteiger partial charge in [-0.15, -0.1) is 11.3 Å². The van der Waals surface area contributed by atoms with Gasteiger partial charge in [-0.3, -0.25) is 0 Å². The van der Waals surface area contributed by atoms with Gasteiger partial charge in [-0.2, -0.15) is 18.3 Å². The third-order valence-corrected chi connectivity index (χ3v) is 3.64. The highest BCUT2D eigenvalue weighted by molar-refractivity contribution is 7.07. The fraction of sp³-hybridized carbons (Fsp3) is 0.143. The first-order chi connectivity index (χ1) is 10.5. The number of alkyl halides is 3. The van der Waals surface area contributed by atoms with Gasteiger partial charge in [0, 0.05) is 11.1 Å². The summed E-state index contributed by atoms with van der Waals surface area (Å²) in [6.07, 6.45) is -3.30. The SMILES string of the molecule is FC(F)(F)c1ccnn1-c1ccc(NCc2cscn2)cc1. The second-order valence-corrected chi connectivity index (χ2v) is 5.22. The number of nitrogens with one attached hydrogen (secondary N) is 1. The van der Waals surface area contributed by atoms with Crippen LogP contribution in [0, 0.1) is 0 Å². The number of nitrogens with zero attached hydrogens (tertiary/aromatic N) is 3. The molecule has 0 aliphatic rings. The Hall–Kier alpha value is -2.35. The van der Waals surface area contributed by atoms with E-state index in [1.54, 1.807) is 29.8 Å². The minimum Gasteiger partial charge on any atom is -0.379 e. The molecule has 2 heterocycles. The maximum atomic E-state index is 12.8. The first kappa shape index (κ1) is 14.6. The van der Waals surface area contributed by atoms with E-state index in [-0.39, 0.29) is 0 Å². The van der Waals surface area contributed by atoms with E-state index < -0.39 is 11.9 Å². The van der Waals surface area contributed by atoms with Crippen LogP contribution in [0.1, 0.15) is 11.4 Å². The van der Waals surface area contributed by atoms with Gasteiger partial charge in [0.25, 0.3) is 0 Å². The minimum absolute atomic E-state index is 0.358. The van der Waals surface area contributed by atoms with Crippen molar-refractivity contribution in [1.29, 1.82) is 0 Å². The Morgan fingerprint density at radius 1 is 1.14 bits per heavy atom. The fourth-order valence-electron chi connectivity index (χ4n) is 1.96. The van der Waals surface area contributed by atoms with Crippen molar-refractivity contribution in [3.63, 3.8) is 0 Å². The number of halogens is 3. The van der Waals surface area contributed by atoms with E-state index in [1.165, 1.54) is 11.3 Å². The van der Waals surface area contributed by atoms with Gasteiger partial charge in [0.1, 0.15) is 5.69 Å².